The third-order valence-corrected chi connectivity index (χ3v) is 3.87. The van der Waals surface area contributed by atoms with E-state index in [1.807, 2.05) is 0 Å². The molecule has 0 aliphatic heterocycles. The number of carbonyl (C=O) groups excluding carboxylic acids is 1. The minimum atomic E-state index is -0.633. The molecule has 1 heterocycles. The number of rotatable bonds is 3. The van der Waals surface area contributed by atoms with Crippen LogP contribution in [-0.2, 0) is 25.4 Å². The molecule has 0 saturated heterocycles. The Kier molecular flexibility index (Phi) is 4.73. The number of nitrogens with zero attached hydrogens (tertiary/aromatic N) is 2. The molecule has 0 bridgehead atoms. The van der Waals surface area contributed by atoms with Crippen molar-refractivity contribution in [1.29, 1.82) is 0 Å². The number of hydrogen-bond donors (Lipinski definition) is 0. The van der Waals surface area contributed by atoms with Gasteiger partial charge in [0.05, 0.1) is 21.3 Å². The van der Waals surface area contributed by atoms with Crippen molar-refractivity contribution in [2.24, 2.45) is 14.1 Å². The lowest BCUT2D eigenvalue weighted by molar-refractivity contribution is 0.0462. The van der Waals surface area contributed by atoms with Crippen LogP contribution in [0.4, 0.5) is 0 Å². The average Bonchev–Trinajstić information content (AvgIpc) is 2.49. The van der Waals surface area contributed by atoms with Gasteiger partial charge in [-0.2, -0.15) is 0 Å². The molecule has 8 heteroatoms. The lowest BCUT2D eigenvalue weighted by Gasteiger charge is -2.10. The van der Waals surface area contributed by atoms with Crippen LogP contribution in [0.2, 0.25) is 10.0 Å². The Morgan fingerprint density at radius 1 is 1.09 bits per heavy atom. The van der Waals surface area contributed by atoms with Crippen molar-refractivity contribution < 1.29 is 9.53 Å². The fraction of sp³-hybridized carbons (Fsp3) is 0.214. The van der Waals surface area contributed by atoms with Gasteiger partial charge in [-0.15, -0.1) is 0 Å². The quantitative estimate of drug-likeness (QED) is 0.796. The number of benzene rings is 1. The molecule has 1 aromatic heterocycles. The maximum Gasteiger partial charge on any atom is 0.338 e. The second-order valence-electron chi connectivity index (χ2n) is 4.58. The maximum absolute atomic E-state index is 11.9. The molecular weight excluding hydrogens is 331 g/mol. The predicted molar refractivity (Wildman–Crippen MR) is 82.5 cm³/mol. The van der Waals surface area contributed by atoms with E-state index in [1.165, 1.54) is 42.9 Å². The molecule has 6 nitrogen and oxygen atoms in total. The van der Waals surface area contributed by atoms with E-state index >= 15 is 0 Å². The Hall–Kier alpha value is -2.05. The Labute approximate surface area is 135 Å². The first kappa shape index (κ1) is 16.3. The molecule has 0 amide bonds. The summed E-state index contributed by atoms with van der Waals surface area (Å²) in [5.74, 6) is -0.633. The summed E-state index contributed by atoms with van der Waals surface area (Å²) in [7, 11) is 2.86. The molecule has 2 aromatic rings. The van der Waals surface area contributed by atoms with Gasteiger partial charge in [0.15, 0.2) is 0 Å². The first-order valence-corrected chi connectivity index (χ1v) is 6.95. The molecule has 0 fully saturated rings. The highest BCUT2D eigenvalue weighted by molar-refractivity contribution is 6.42. The minimum absolute atomic E-state index is 0.207. The third kappa shape index (κ3) is 3.23. The van der Waals surface area contributed by atoms with Crippen molar-refractivity contribution >= 4 is 29.2 Å². The molecule has 0 N–H and O–H groups in total. The molecule has 1 aromatic carbocycles. The van der Waals surface area contributed by atoms with Crippen LogP contribution < -0.4 is 11.2 Å². The van der Waals surface area contributed by atoms with E-state index in [0.717, 1.165) is 4.57 Å². The van der Waals surface area contributed by atoms with E-state index in [9.17, 15) is 14.4 Å². The minimum Gasteiger partial charge on any atom is -0.456 e. The molecule has 0 aliphatic rings. The smallest absolute Gasteiger partial charge is 0.338 e. The van der Waals surface area contributed by atoms with Gasteiger partial charge in [0.2, 0.25) is 0 Å². The lowest BCUT2D eigenvalue weighted by Crippen LogP contribution is -2.38. The highest BCUT2D eigenvalue weighted by Crippen LogP contribution is 2.23. The fourth-order valence-corrected chi connectivity index (χ4v) is 2.06. The number of hydrogen-bond acceptors (Lipinski definition) is 4. The standard InChI is InChI=1S/C14H12Cl2N2O4/c1-17-9(6-12(19)18(2)14(17)21)7-22-13(20)8-3-4-10(15)11(16)5-8/h3-6H,7H2,1-2H3. The monoisotopic (exact) mass is 342 g/mol. The molecule has 0 unspecified atom stereocenters. The first-order valence-electron chi connectivity index (χ1n) is 6.19. The largest absolute Gasteiger partial charge is 0.456 e. The molecular formula is C14H12Cl2N2O4. The second-order valence-corrected chi connectivity index (χ2v) is 5.39. The second kappa shape index (κ2) is 6.37. The van der Waals surface area contributed by atoms with Crippen molar-refractivity contribution in [2.75, 3.05) is 0 Å². The molecule has 116 valence electrons. The first-order chi connectivity index (χ1) is 10.3. The van der Waals surface area contributed by atoms with Gasteiger partial charge < -0.3 is 4.74 Å². The van der Waals surface area contributed by atoms with Gasteiger partial charge in [0, 0.05) is 20.2 Å². The Morgan fingerprint density at radius 3 is 2.41 bits per heavy atom. The summed E-state index contributed by atoms with van der Waals surface area (Å²) in [6.07, 6.45) is 0. The van der Waals surface area contributed by atoms with Gasteiger partial charge in [-0.25, -0.2) is 9.59 Å². The summed E-state index contributed by atoms with van der Waals surface area (Å²) < 4.78 is 7.29. The Bertz CT molecular complexity index is 855. The zero-order chi connectivity index (χ0) is 16.4. The Morgan fingerprint density at radius 2 is 1.77 bits per heavy atom. The molecule has 22 heavy (non-hydrogen) atoms. The zero-order valence-corrected chi connectivity index (χ0v) is 13.3. The maximum atomic E-state index is 11.9. The molecule has 0 aliphatic carbocycles. The average molecular weight is 343 g/mol. The predicted octanol–water partition coefficient (Wildman–Crippen LogP) is 1.75. The van der Waals surface area contributed by atoms with Crippen molar-refractivity contribution in [1.82, 2.24) is 9.13 Å². The van der Waals surface area contributed by atoms with Crippen LogP contribution >= 0.6 is 23.2 Å². The SMILES string of the molecule is Cn1c(COC(=O)c2ccc(Cl)c(Cl)c2)cc(=O)n(C)c1=O. The van der Waals surface area contributed by atoms with Gasteiger partial charge in [-0.05, 0) is 18.2 Å². The van der Waals surface area contributed by atoms with Gasteiger partial charge in [0.1, 0.15) is 6.61 Å². The number of carbonyl (C=O) groups is 1. The number of aromatic nitrogens is 2. The topological polar surface area (TPSA) is 70.3 Å². The fourth-order valence-electron chi connectivity index (χ4n) is 1.76. The van der Waals surface area contributed by atoms with E-state index in [2.05, 4.69) is 0 Å². The van der Waals surface area contributed by atoms with E-state index in [0.29, 0.717) is 10.7 Å². The summed E-state index contributed by atoms with van der Waals surface area (Å²) >= 11 is 11.6. The number of esters is 1. The van der Waals surface area contributed by atoms with Crippen molar-refractivity contribution in [2.45, 2.75) is 6.61 Å². The molecule has 0 saturated carbocycles. The van der Waals surface area contributed by atoms with Gasteiger partial charge in [-0.1, -0.05) is 23.2 Å². The van der Waals surface area contributed by atoms with Gasteiger partial charge in [0.25, 0.3) is 5.56 Å². The van der Waals surface area contributed by atoms with Crippen LogP contribution in [0.25, 0.3) is 0 Å². The van der Waals surface area contributed by atoms with Crippen LogP contribution in [0.3, 0.4) is 0 Å². The van der Waals surface area contributed by atoms with Crippen molar-refractivity contribution in [3.63, 3.8) is 0 Å². The summed E-state index contributed by atoms with van der Waals surface area (Å²) in [6, 6.07) is 5.58. The lowest BCUT2D eigenvalue weighted by atomic mass is 10.2. The van der Waals surface area contributed by atoms with Crippen LogP contribution in [0.1, 0.15) is 16.1 Å². The number of halogens is 2. The molecule has 0 atom stereocenters. The third-order valence-electron chi connectivity index (χ3n) is 3.13. The summed E-state index contributed by atoms with van der Waals surface area (Å²) in [4.78, 5) is 35.3. The van der Waals surface area contributed by atoms with Crippen molar-refractivity contribution in [3.8, 4) is 0 Å². The van der Waals surface area contributed by atoms with Crippen LogP contribution in [0.15, 0.2) is 33.9 Å². The van der Waals surface area contributed by atoms with E-state index in [4.69, 9.17) is 27.9 Å². The van der Waals surface area contributed by atoms with Crippen LogP contribution in [0, 0.1) is 0 Å². The number of ether oxygens (including phenoxy) is 1. The molecule has 0 spiro atoms. The highest BCUT2D eigenvalue weighted by atomic mass is 35.5. The molecule has 2 rings (SSSR count). The van der Waals surface area contributed by atoms with E-state index in [-0.39, 0.29) is 17.2 Å². The van der Waals surface area contributed by atoms with Gasteiger partial charge >= 0.3 is 11.7 Å². The van der Waals surface area contributed by atoms with Gasteiger partial charge in [-0.3, -0.25) is 13.9 Å². The normalized spacial score (nSPS) is 10.5. The highest BCUT2D eigenvalue weighted by Gasteiger charge is 2.12. The summed E-state index contributed by atoms with van der Waals surface area (Å²) in [5.41, 5.74) is -0.443. The van der Waals surface area contributed by atoms with Crippen LogP contribution in [-0.4, -0.2) is 15.1 Å². The van der Waals surface area contributed by atoms with Crippen LogP contribution in [0.5, 0.6) is 0 Å². The van der Waals surface area contributed by atoms with E-state index in [1.54, 1.807) is 0 Å². The summed E-state index contributed by atoms with van der Waals surface area (Å²) in [5, 5.41) is 0.560. The van der Waals surface area contributed by atoms with Crippen molar-refractivity contribution in [3.05, 3.63) is 66.4 Å². The van der Waals surface area contributed by atoms with E-state index < -0.39 is 17.2 Å². The molecule has 0 radical (unpaired) electrons. The Balaban J connectivity index is 2.20. The zero-order valence-electron chi connectivity index (χ0n) is 11.8. The summed E-state index contributed by atoms with van der Waals surface area (Å²) in [6.45, 7) is -0.207.